The molecule has 2 aromatic heterocycles. The molecule has 0 saturated carbocycles. The summed E-state index contributed by atoms with van der Waals surface area (Å²) in [6, 6.07) is 5.39. The van der Waals surface area contributed by atoms with Crippen molar-refractivity contribution >= 4 is 11.7 Å². The molecule has 2 rings (SSSR count). The minimum atomic E-state index is -0.255. The molecule has 0 aromatic carbocycles. The second-order valence-corrected chi connectivity index (χ2v) is 4.08. The van der Waals surface area contributed by atoms with Crippen LogP contribution in [0.4, 0.5) is 5.82 Å². The zero-order chi connectivity index (χ0) is 13.7. The number of nitrogens with one attached hydrogen (secondary N) is 1. The molecule has 1 N–H and O–H groups in total. The van der Waals surface area contributed by atoms with Crippen LogP contribution in [0.3, 0.4) is 0 Å². The second kappa shape index (κ2) is 6.10. The van der Waals surface area contributed by atoms with Gasteiger partial charge in [0.1, 0.15) is 5.69 Å². The van der Waals surface area contributed by atoms with Crippen LogP contribution in [0.5, 0.6) is 0 Å². The van der Waals surface area contributed by atoms with Gasteiger partial charge in [0.15, 0.2) is 5.82 Å². The summed E-state index contributed by atoms with van der Waals surface area (Å²) < 4.78 is 6.68. The number of aryl methyl sites for hydroxylation is 1. The van der Waals surface area contributed by atoms with Crippen LogP contribution in [-0.2, 0) is 11.3 Å². The monoisotopic (exact) mass is 260 g/mol. The van der Waals surface area contributed by atoms with Crippen LogP contribution >= 0.6 is 0 Å². The number of ether oxygens (including phenoxy) is 1. The molecule has 6 nitrogen and oxygen atoms in total. The molecule has 0 fully saturated rings. The molecule has 2 aromatic rings. The van der Waals surface area contributed by atoms with E-state index in [1.165, 1.54) is 0 Å². The number of carbonyl (C=O) groups is 1. The third-order valence-corrected chi connectivity index (χ3v) is 2.63. The van der Waals surface area contributed by atoms with Crippen molar-refractivity contribution in [1.29, 1.82) is 0 Å². The molecule has 0 radical (unpaired) electrons. The maximum atomic E-state index is 12.0. The zero-order valence-corrected chi connectivity index (χ0v) is 11.0. The van der Waals surface area contributed by atoms with E-state index in [2.05, 4.69) is 15.4 Å². The van der Waals surface area contributed by atoms with E-state index < -0.39 is 0 Å². The smallest absolute Gasteiger partial charge is 0.275 e. The molecule has 19 heavy (non-hydrogen) atoms. The third kappa shape index (κ3) is 3.38. The number of methoxy groups -OCH3 is 1. The van der Waals surface area contributed by atoms with Crippen molar-refractivity contribution in [3.05, 3.63) is 41.9 Å². The molecule has 100 valence electrons. The summed E-state index contributed by atoms with van der Waals surface area (Å²) in [5.74, 6) is 0.251. The van der Waals surface area contributed by atoms with Gasteiger partial charge in [-0.05, 0) is 18.6 Å². The highest BCUT2D eigenvalue weighted by atomic mass is 16.5. The number of carbonyl (C=O) groups excluding carboxylic acids is 1. The fourth-order valence-corrected chi connectivity index (χ4v) is 1.64. The van der Waals surface area contributed by atoms with Gasteiger partial charge in [-0.2, -0.15) is 5.10 Å². The van der Waals surface area contributed by atoms with Crippen LogP contribution in [0.1, 0.15) is 16.1 Å². The Kier molecular flexibility index (Phi) is 4.25. The number of hydrogen-bond donors (Lipinski definition) is 1. The summed E-state index contributed by atoms with van der Waals surface area (Å²) in [7, 11) is 1.63. The first-order valence-electron chi connectivity index (χ1n) is 5.96. The number of nitrogens with zero attached hydrogens (tertiary/aromatic N) is 3. The van der Waals surface area contributed by atoms with Crippen molar-refractivity contribution in [2.24, 2.45) is 0 Å². The van der Waals surface area contributed by atoms with Crippen LogP contribution in [0, 0.1) is 6.92 Å². The van der Waals surface area contributed by atoms with E-state index in [9.17, 15) is 4.79 Å². The van der Waals surface area contributed by atoms with Gasteiger partial charge >= 0.3 is 0 Å². The van der Waals surface area contributed by atoms with Gasteiger partial charge in [-0.25, -0.2) is 0 Å². The molecule has 0 bridgehead atoms. The summed E-state index contributed by atoms with van der Waals surface area (Å²) in [5, 5.41) is 6.94. The van der Waals surface area contributed by atoms with Gasteiger partial charge in [-0.1, -0.05) is 6.07 Å². The molecular weight excluding hydrogens is 244 g/mol. The van der Waals surface area contributed by atoms with Gasteiger partial charge in [-0.15, -0.1) is 0 Å². The molecule has 0 unspecified atom stereocenters. The molecule has 1 amide bonds. The molecule has 0 aliphatic carbocycles. The summed E-state index contributed by atoms with van der Waals surface area (Å²) >= 11 is 0. The van der Waals surface area contributed by atoms with E-state index >= 15 is 0 Å². The predicted octanol–water partition coefficient (Wildman–Crippen LogP) is 1.49. The SMILES string of the molecule is COCCn1ccc(NC(=O)c2ncccc2C)n1. The number of hydrogen-bond acceptors (Lipinski definition) is 4. The highest BCUT2D eigenvalue weighted by Gasteiger charge is 2.11. The molecule has 0 aliphatic heterocycles. The Balaban J connectivity index is 2.03. The lowest BCUT2D eigenvalue weighted by molar-refractivity contribution is 0.102. The number of pyridine rings is 1. The number of amides is 1. The van der Waals surface area contributed by atoms with E-state index in [1.807, 2.05) is 13.0 Å². The average Bonchev–Trinajstić information content (AvgIpc) is 2.84. The first-order valence-corrected chi connectivity index (χ1v) is 5.96. The Labute approximate surface area is 111 Å². The molecule has 0 spiro atoms. The van der Waals surface area contributed by atoms with E-state index in [0.29, 0.717) is 24.7 Å². The summed E-state index contributed by atoms with van der Waals surface area (Å²) in [6.07, 6.45) is 3.39. The predicted molar refractivity (Wildman–Crippen MR) is 71.0 cm³/mol. The van der Waals surface area contributed by atoms with Gasteiger partial charge in [0.2, 0.25) is 0 Å². The first-order chi connectivity index (χ1) is 9.20. The second-order valence-electron chi connectivity index (χ2n) is 4.08. The molecule has 2 heterocycles. The highest BCUT2D eigenvalue weighted by Crippen LogP contribution is 2.08. The molecule has 0 atom stereocenters. The van der Waals surface area contributed by atoms with Crippen LogP contribution in [0.15, 0.2) is 30.6 Å². The van der Waals surface area contributed by atoms with E-state index in [4.69, 9.17) is 4.74 Å². The van der Waals surface area contributed by atoms with Crippen molar-refractivity contribution < 1.29 is 9.53 Å². The fraction of sp³-hybridized carbons (Fsp3) is 0.308. The third-order valence-electron chi connectivity index (χ3n) is 2.63. The van der Waals surface area contributed by atoms with Crippen LogP contribution in [-0.4, -0.2) is 34.4 Å². The Bertz CT molecular complexity index is 565. The standard InChI is InChI=1S/C13H16N4O2/c1-10-4-3-6-14-12(10)13(18)15-11-5-7-17(16-11)8-9-19-2/h3-7H,8-9H2,1-2H3,(H,15,16,18). The minimum Gasteiger partial charge on any atom is -0.383 e. The van der Waals surface area contributed by atoms with Crippen molar-refractivity contribution in [3.63, 3.8) is 0 Å². The molecular formula is C13H16N4O2. The van der Waals surface area contributed by atoms with Gasteiger partial charge in [0, 0.05) is 25.6 Å². The number of anilines is 1. The van der Waals surface area contributed by atoms with Gasteiger partial charge < -0.3 is 10.1 Å². The maximum absolute atomic E-state index is 12.0. The van der Waals surface area contributed by atoms with Crippen LogP contribution < -0.4 is 5.32 Å². The lowest BCUT2D eigenvalue weighted by Gasteiger charge is -2.04. The lowest BCUT2D eigenvalue weighted by atomic mass is 10.2. The van der Waals surface area contributed by atoms with E-state index in [-0.39, 0.29) is 5.91 Å². The van der Waals surface area contributed by atoms with E-state index in [0.717, 1.165) is 5.56 Å². The van der Waals surface area contributed by atoms with Crippen molar-refractivity contribution in [2.75, 3.05) is 19.0 Å². The van der Waals surface area contributed by atoms with Crippen LogP contribution in [0.2, 0.25) is 0 Å². The van der Waals surface area contributed by atoms with Crippen molar-refractivity contribution in [2.45, 2.75) is 13.5 Å². The molecule has 0 aliphatic rings. The van der Waals surface area contributed by atoms with Crippen LogP contribution in [0.25, 0.3) is 0 Å². The quantitative estimate of drug-likeness (QED) is 0.884. The minimum absolute atomic E-state index is 0.255. The Morgan fingerprint density at radius 2 is 2.32 bits per heavy atom. The van der Waals surface area contributed by atoms with Crippen molar-refractivity contribution in [1.82, 2.24) is 14.8 Å². The van der Waals surface area contributed by atoms with Gasteiger partial charge in [-0.3, -0.25) is 14.5 Å². The largest absolute Gasteiger partial charge is 0.383 e. The molecule has 6 heteroatoms. The van der Waals surface area contributed by atoms with E-state index in [1.54, 1.807) is 36.3 Å². The Morgan fingerprint density at radius 1 is 1.47 bits per heavy atom. The summed E-state index contributed by atoms with van der Waals surface area (Å²) in [6.45, 7) is 3.07. The lowest BCUT2D eigenvalue weighted by Crippen LogP contribution is -2.16. The summed E-state index contributed by atoms with van der Waals surface area (Å²) in [5.41, 5.74) is 1.24. The highest BCUT2D eigenvalue weighted by molar-refractivity contribution is 6.03. The topological polar surface area (TPSA) is 69.0 Å². The Hall–Kier alpha value is -2.21. The van der Waals surface area contributed by atoms with Gasteiger partial charge in [0.25, 0.3) is 5.91 Å². The first kappa shape index (κ1) is 13.2. The van der Waals surface area contributed by atoms with Crippen molar-refractivity contribution in [3.8, 4) is 0 Å². The average molecular weight is 260 g/mol. The zero-order valence-electron chi connectivity index (χ0n) is 11.0. The van der Waals surface area contributed by atoms with Gasteiger partial charge in [0.05, 0.1) is 13.2 Å². The Morgan fingerprint density at radius 3 is 3.05 bits per heavy atom. The number of aromatic nitrogens is 3. The summed E-state index contributed by atoms with van der Waals surface area (Å²) in [4.78, 5) is 16.1. The molecule has 0 saturated heterocycles. The normalized spacial score (nSPS) is 10.4. The fourth-order valence-electron chi connectivity index (χ4n) is 1.64. The number of rotatable bonds is 5. The maximum Gasteiger partial charge on any atom is 0.275 e.